The van der Waals surface area contributed by atoms with Gasteiger partial charge in [0.1, 0.15) is 9.71 Å². The van der Waals surface area contributed by atoms with Gasteiger partial charge in [-0.3, -0.25) is 4.79 Å². The Hall–Kier alpha value is -2.60. The number of hydrogen-bond donors (Lipinski definition) is 2. The van der Waals surface area contributed by atoms with Crippen molar-refractivity contribution >= 4 is 38.8 Å². The fourth-order valence-electron chi connectivity index (χ4n) is 3.18. The van der Waals surface area contributed by atoms with Crippen LogP contribution in [0.2, 0.25) is 0 Å². The summed E-state index contributed by atoms with van der Waals surface area (Å²) in [5.41, 5.74) is 15.8. The van der Waals surface area contributed by atoms with Crippen molar-refractivity contribution in [2.45, 2.75) is 13.0 Å². The summed E-state index contributed by atoms with van der Waals surface area (Å²) in [5, 5.41) is 0.839. The van der Waals surface area contributed by atoms with E-state index in [1.165, 1.54) is 22.5 Å². The van der Waals surface area contributed by atoms with Gasteiger partial charge in [0.15, 0.2) is 0 Å². The zero-order chi connectivity index (χ0) is 16.0. The molecule has 3 aromatic rings. The molecule has 23 heavy (non-hydrogen) atoms. The number of aromatic nitrogens is 1. The zero-order valence-corrected chi connectivity index (χ0v) is 13.3. The maximum Gasteiger partial charge on any atom is 0.260 e. The fraction of sp³-hybridized carbons (Fsp3) is 0.176. The van der Waals surface area contributed by atoms with E-state index in [1.807, 2.05) is 6.07 Å². The molecule has 3 heterocycles. The van der Waals surface area contributed by atoms with Gasteiger partial charge in [0, 0.05) is 19.3 Å². The van der Waals surface area contributed by atoms with E-state index in [0.29, 0.717) is 10.6 Å². The molecule has 0 radical (unpaired) electrons. The zero-order valence-electron chi connectivity index (χ0n) is 12.5. The maximum atomic E-state index is 11.6. The van der Waals surface area contributed by atoms with E-state index < -0.39 is 5.91 Å². The molecule has 0 spiro atoms. The lowest BCUT2D eigenvalue weighted by atomic mass is 9.99. The molecule has 4 rings (SSSR count). The number of hydrogen-bond acceptors (Lipinski definition) is 5. The summed E-state index contributed by atoms with van der Waals surface area (Å²) in [6.07, 6.45) is 2.76. The van der Waals surface area contributed by atoms with E-state index in [2.05, 4.69) is 34.1 Å². The van der Waals surface area contributed by atoms with Crippen LogP contribution >= 0.6 is 11.3 Å². The second-order valence-corrected chi connectivity index (χ2v) is 6.66. The van der Waals surface area contributed by atoms with E-state index in [0.717, 1.165) is 35.4 Å². The number of benzene rings is 1. The van der Waals surface area contributed by atoms with Crippen molar-refractivity contribution in [3.05, 3.63) is 52.5 Å². The Bertz CT molecular complexity index is 918. The Morgan fingerprint density at radius 1 is 1.22 bits per heavy atom. The first-order valence-electron chi connectivity index (χ1n) is 7.43. The van der Waals surface area contributed by atoms with E-state index >= 15 is 0 Å². The second kappa shape index (κ2) is 5.24. The van der Waals surface area contributed by atoms with E-state index in [-0.39, 0.29) is 0 Å². The summed E-state index contributed by atoms with van der Waals surface area (Å²) in [5.74, 6) is -0.500. The number of anilines is 2. The topological polar surface area (TPSA) is 85.2 Å². The van der Waals surface area contributed by atoms with E-state index in [4.69, 9.17) is 11.5 Å². The predicted octanol–water partition coefficient (Wildman–Crippen LogP) is 2.54. The van der Waals surface area contributed by atoms with Crippen LogP contribution in [0.5, 0.6) is 0 Å². The Morgan fingerprint density at radius 2 is 2.00 bits per heavy atom. The average molecular weight is 324 g/mol. The quantitative estimate of drug-likeness (QED) is 0.758. The molecule has 6 heteroatoms. The van der Waals surface area contributed by atoms with Crippen molar-refractivity contribution < 1.29 is 4.79 Å². The lowest BCUT2D eigenvalue weighted by Crippen LogP contribution is -2.30. The van der Waals surface area contributed by atoms with Gasteiger partial charge in [-0.25, -0.2) is 4.98 Å². The Balaban J connectivity index is 1.82. The number of fused-ring (bicyclic) bond motifs is 2. The number of pyridine rings is 1. The van der Waals surface area contributed by atoms with Crippen LogP contribution in [0.3, 0.4) is 0 Å². The second-order valence-electron chi connectivity index (χ2n) is 5.66. The van der Waals surface area contributed by atoms with Gasteiger partial charge in [0.2, 0.25) is 0 Å². The molecule has 5 nitrogen and oxygen atoms in total. The normalized spacial score (nSPS) is 14.0. The number of amides is 1. The van der Waals surface area contributed by atoms with Crippen molar-refractivity contribution in [3.8, 4) is 0 Å². The Labute approximate surface area is 137 Å². The van der Waals surface area contributed by atoms with Crippen LogP contribution < -0.4 is 16.4 Å². The van der Waals surface area contributed by atoms with Crippen molar-refractivity contribution in [1.29, 1.82) is 0 Å². The number of nitrogens with two attached hydrogens (primary N) is 2. The third-order valence-electron chi connectivity index (χ3n) is 4.30. The highest BCUT2D eigenvalue weighted by Gasteiger charge is 2.22. The largest absolute Gasteiger partial charge is 0.397 e. The lowest BCUT2D eigenvalue weighted by molar-refractivity contribution is 0.100. The van der Waals surface area contributed by atoms with Gasteiger partial charge < -0.3 is 16.4 Å². The van der Waals surface area contributed by atoms with Crippen LogP contribution in [0.15, 0.2) is 36.5 Å². The molecule has 2 aromatic heterocycles. The summed E-state index contributed by atoms with van der Waals surface area (Å²) >= 11 is 1.26. The third-order valence-corrected chi connectivity index (χ3v) is 5.43. The van der Waals surface area contributed by atoms with Gasteiger partial charge in [-0.15, -0.1) is 11.3 Å². The van der Waals surface area contributed by atoms with Crippen molar-refractivity contribution in [2.24, 2.45) is 5.73 Å². The minimum Gasteiger partial charge on any atom is -0.397 e. The van der Waals surface area contributed by atoms with Gasteiger partial charge in [0.05, 0.1) is 16.8 Å². The molecule has 4 N–H and O–H groups in total. The summed E-state index contributed by atoms with van der Waals surface area (Å²) < 4.78 is 0. The molecule has 0 saturated heterocycles. The molecule has 116 valence electrons. The highest BCUT2D eigenvalue weighted by atomic mass is 32.1. The van der Waals surface area contributed by atoms with Gasteiger partial charge in [-0.2, -0.15) is 0 Å². The average Bonchev–Trinajstić information content (AvgIpc) is 2.92. The summed E-state index contributed by atoms with van der Waals surface area (Å²) in [4.78, 5) is 19.3. The van der Waals surface area contributed by atoms with Crippen LogP contribution in [0.25, 0.3) is 10.2 Å². The number of primary amides is 1. The SMILES string of the molecule is NC(=O)c1sc2nccc(N3CCc4ccccc4C3)c2c1N. The van der Waals surface area contributed by atoms with Crippen LogP contribution in [-0.2, 0) is 13.0 Å². The fourth-order valence-corrected chi connectivity index (χ4v) is 4.11. The maximum absolute atomic E-state index is 11.6. The molecule has 0 bridgehead atoms. The molecule has 0 aliphatic carbocycles. The molecular formula is C17H16N4OS. The highest BCUT2D eigenvalue weighted by molar-refractivity contribution is 7.21. The number of rotatable bonds is 2. The van der Waals surface area contributed by atoms with Crippen LogP contribution in [-0.4, -0.2) is 17.4 Å². The minimum absolute atomic E-state index is 0.386. The van der Waals surface area contributed by atoms with Crippen LogP contribution in [0.1, 0.15) is 20.8 Å². The summed E-state index contributed by atoms with van der Waals surface area (Å²) in [6, 6.07) is 10.4. The first kappa shape index (κ1) is 14.0. The molecule has 0 saturated carbocycles. The molecule has 0 atom stereocenters. The van der Waals surface area contributed by atoms with Crippen molar-refractivity contribution in [2.75, 3.05) is 17.2 Å². The Morgan fingerprint density at radius 3 is 2.78 bits per heavy atom. The molecule has 0 unspecified atom stereocenters. The van der Waals surface area contributed by atoms with E-state index in [1.54, 1.807) is 6.20 Å². The summed E-state index contributed by atoms with van der Waals surface area (Å²) in [6.45, 7) is 1.74. The lowest BCUT2D eigenvalue weighted by Gasteiger charge is -2.31. The van der Waals surface area contributed by atoms with Gasteiger partial charge >= 0.3 is 0 Å². The van der Waals surface area contributed by atoms with Gasteiger partial charge in [-0.1, -0.05) is 24.3 Å². The van der Waals surface area contributed by atoms with Crippen molar-refractivity contribution in [3.63, 3.8) is 0 Å². The number of nitrogens with zero attached hydrogens (tertiary/aromatic N) is 2. The van der Waals surface area contributed by atoms with Crippen molar-refractivity contribution in [1.82, 2.24) is 4.98 Å². The van der Waals surface area contributed by atoms with Gasteiger partial charge in [-0.05, 0) is 23.6 Å². The predicted molar refractivity (Wildman–Crippen MR) is 93.7 cm³/mol. The number of nitrogen functional groups attached to an aromatic ring is 1. The monoisotopic (exact) mass is 324 g/mol. The molecule has 1 aliphatic rings. The first-order valence-corrected chi connectivity index (χ1v) is 8.25. The Kier molecular flexibility index (Phi) is 3.20. The highest BCUT2D eigenvalue weighted by Crippen LogP contribution is 2.39. The standard InChI is InChI=1S/C17H16N4OS/c18-14-13-12(5-7-20-17(13)23-15(14)16(19)22)21-8-6-10-3-1-2-4-11(10)9-21/h1-5,7H,6,8-9,18H2,(H2,19,22). The smallest absolute Gasteiger partial charge is 0.260 e. The number of thiophene rings is 1. The third kappa shape index (κ3) is 2.22. The van der Waals surface area contributed by atoms with E-state index in [9.17, 15) is 4.79 Å². The number of carbonyl (C=O) groups excluding carboxylic acids is 1. The van der Waals surface area contributed by atoms with Crippen LogP contribution in [0.4, 0.5) is 11.4 Å². The molecular weight excluding hydrogens is 308 g/mol. The van der Waals surface area contributed by atoms with Gasteiger partial charge in [0.25, 0.3) is 5.91 Å². The molecule has 1 aliphatic heterocycles. The number of carbonyl (C=O) groups is 1. The molecule has 0 fully saturated rings. The molecule has 1 aromatic carbocycles. The molecule has 1 amide bonds. The summed E-state index contributed by atoms with van der Waals surface area (Å²) in [7, 11) is 0. The minimum atomic E-state index is -0.500. The van der Waals surface area contributed by atoms with Crippen LogP contribution in [0, 0.1) is 0 Å². The first-order chi connectivity index (χ1) is 11.1.